The average molecular weight is 727 g/mol. The van der Waals surface area contributed by atoms with Crippen LogP contribution in [0.3, 0.4) is 0 Å². The highest BCUT2D eigenvalue weighted by molar-refractivity contribution is 6.02. The molecule has 1 unspecified atom stereocenters. The number of para-hydroxylation sites is 1. The van der Waals surface area contributed by atoms with Crippen LogP contribution < -0.4 is 15.5 Å². The molecular weight excluding hydrogens is 689 g/mol. The Morgan fingerprint density at radius 1 is 0.509 bits per heavy atom. The van der Waals surface area contributed by atoms with Crippen molar-refractivity contribution in [2.75, 3.05) is 4.90 Å². The van der Waals surface area contributed by atoms with Gasteiger partial charge in [-0.25, -0.2) is 0 Å². The first-order valence-electron chi connectivity index (χ1n) is 20.0. The molecule has 0 aliphatic heterocycles. The van der Waals surface area contributed by atoms with Crippen molar-refractivity contribution in [2.45, 2.75) is 18.8 Å². The van der Waals surface area contributed by atoms with Crippen LogP contribution in [-0.4, -0.2) is 4.57 Å². The van der Waals surface area contributed by atoms with Crippen LogP contribution in [0, 0.1) is 17.4 Å². The minimum absolute atomic E-state index is 0.464. The second-order valence-corrected chi connectivity index (χ2v) is 15.7. The van der Waals surface area contributed by atoms with Gasteiger partial charge in [-0.3, -0.25) is 0 Å². The Morgan fingerprint density at radius 3 is 2.00 bits per heavy atom. The highest BCUT2D eigenvalue weighted by Crippen LogP contribution is 2.59. The van der Waals surface area contributed by atoms with Crippen molar-refractivity contribution in [3.05, 3.63) is 237 Å². The number of benzene rings is 8. The summed E-state index contributed by atoms with van der Waals surface area (Å²) in [5.74, 6) is 0. The van der Waals surface area contributed by atoms with Crippen LogP contribution in [0.25, 0.3) is 51.0 Å². The third-order valence-corrected chi connectivity index (χ3v) is 12.6. The summed E-state index contributed by atoms with van der Waals surface area (Å²) in [6.45, 7) is 2.16. The molecule has 3 aliphatic rings. The van der Waals surface area contributed by atoms with Crippen LogP contribution >= 0.6 is 0 Å². The van der Waals surface area contributed by atoms with Gasteiger partial charge in [-0.15, -0.1) is 0 Å². The third kappa shape index (κ3) is 4.47. The molecule has 0 N–H and O–H groups in total. The van der Waals surface area contributed by atoms with Crippen molar-refractivity contribution in [3.8, 4) is 27.9 Å². The minimum atomic E-state index is -0.464. The third-order valence-electron chi connectivity index (χ3n) is 12.6. The second-order valence-electron chi connectivity index (χ2n) is 15.7. The highest BCUT2D eigenvalue weighted by Gasteiger charge is 2.50. The first-order valence-corrected chi connectivity index (χ1v) is 20.0. The molecule has 2 nitrogen and oxygen atoms in total. The van der Waals surface area contributed by atoms with E-state index in [1.807, 2.05) is 0 Å². The Balaban J connectivity index is 1.13. The molecule has 0 bridgehead atoms. The smallest absolute Gasteiger partial charge is 0.0726 e. The highest BCUT2D eigenvalue weighted by atomic mass is 15.1. The van der Waals surface area contributed by atoms with Crippen molar-refractivity contribution in [1.82, 2.24) is 4.57 Å². The van der Waals surface area contributed by atoms with E-state index in [9.17, 15) is 0 Å². The van der Waals surface area contributed by atoms with Gasteiger partial charge >= 0.3 is 0 Å². The molecule has 268 valence electrons. The number of aryl methyl sites for hydroxylation is 1. The van der Waals surface area contributed by atoms with Gasteiger partial charge in [-0.1, -0.05) is 146 Å². The van der Waals surface area contributed by atoms with E-state index >= 15 is 0 Å². The summed E-state index contributed by atoms with van der Waals surface area (Å²) in [7, 11) is 0. The maximum Gasteiger partial charge on any atom is 0.0726 e. The Morgan fingerprint density at radius 2 is 1.19 bits per heavy atom. The molecule has 9 aromatic rings. The van der Waals surface area contributed by atoms with Gasteiger partial charge in [0.25, 0.3) is 0 Å². The predicted molar refractivity (Wildman–Crippen MR) is 236 cm³/mol. The van der Waals surface area contributed by atoms with Crippen LogP contribution in [0.1, 0.15) is 34.2 Å². The molecule has 57 heavy (non-hydrogen) atoms. The van der Waals surface area contributed by atoms with Gasteiger partial charge < -0.3 is 9.47 Å². The summed E-state index contributed by atoms with van der Waals surface area (Å²) in [5, 5.41) is 6.68. The van der Waals surface area contributed by atoms with Crippen LogP contribution in [0.2, 0.25) is 0 Å². The minimum Gasteiger partial charge on any atom is -0.310 e. The van der Waals surface area contributed by atoms with Crippen molar-refractivity contribution in [1.29, 1.82) is 0 Å². The Bertz CT molecular complexity index is 3310. The molecule has 0 amide bonds. The topological polar surface area (TPSA) is 8.17 Å². The van der Waals surface area contributed by atoms with E-state index in [4.69, 9.17) is 0 Å². The molecule has 8 aromatic carbocycles. The first kappa shape index (κ1) is 32.1. The van der Waals surface area contributed by atoms with Crippen LogP contribution in [-0.2, 0) is 5.41 Å². The van der Waals surface area contributed by atoms with Gasteiger partial charge in [0.05, 0.1) is 16.3 Å². The predicted octanol–water partition coefficient (Wildman–Crippen LogP) is 12.0. The monoisotopic (exact) mass is 726 g/mol. The lowest BCUT2D eigenvalue weighted by Crippen LogP contribution is -2.33. The molecule has 0 saturated heterocycles. The fourth-order valence-corrected chi connectivity index (χ4v) is 10.4. The molecule has 0 fully saturated rings. The van der Waals surface area contributed by atoms with Crippen LogP contribution in [0.4, 0.5) is 17.1 Å². The van der Waals surface area contributed by atoms with Gasteiger partial charge in [0.1, 0.15) is 0 Å². The number of rotatable bonds is 6. The zero-order valence-electron chi connectivity index (χ0n) is 31.7. The SMILES string of the molecule is Cc1cccc(N(c2ccccc2)c2ccc(-n3c4c5c6c7c(ccc63)-c3ccccc3C7(c3ccc(-c6ccccc6)cc3)c3cccc(c3=5)=CCC=4)cc2)c1. The van der Waals surface area contributed by atoms with Crippen molar-refractivity contribution < 1.29 is 0 Å². The molecule has 1 aromatic heterocycles. The number of fused-ring (bicyclic) bond motifs is 4. The van der Waals surface area contributed by atoms with Crippen molar-refractivity contribution in [2.24, 2.45) is 0 Å². The fourth-order valence-electron chi connectivity index (χ4n) is 10.4. The van der Waals surface area contributed by atoms with Crippen molar-refractivity contribution in [3.63, 3.8) is 0 Å². The molecule has 12 rings (SSSR count). The standard InChI is InChI=1S/C55H38N2/c1-36-13-10-20-44(35-36)56(41-18-6-3-7-19-41)42-29-31-43(32-30-42)57-49-24-12-17-39-16-11-23-48-51(39)52(49)53-50(57)34-33-46-45-21-8-9-22-47(45)55(48,54(46)53)40-27-25-38(26-28-40)37-14-4-2-5-15-37/h2-11,13-35H,12H2,1H3. The van der Waals surface area contributed by atoms with E-state index in [1.54, 1.807) is 0 Å². The summed E-state index contributed by atoms with van der Waals surface area (Å²) in [6, 6.07) is 69.8. The molecule has 3 aliphatic carbocycles. The first-order chi connectivity index (χ1) is 28.2. The largest absolute Gasteiger partial charge is 0.310 e. The van der Waals surface area contributed by atoms with E-state index in [0.29, 0.717) is 0 Å². The maximum absolute atomic E-state index is 2.53. The summed E-state index contributed by atoms with van der Waals surface area (Å²) in [6.07, 6.45) is 5.75. The van der Waals surface area contributed by atoms with Gasteiger partial charge in [0, 0.05) is 33.4 Å². The summed E-state index contributed by atoms with van der Waals surface area (Å²) in [5.41, 5.74) is 17.2. The average Bonchev–Trinajstić information content (AvgIpc) is 3.67. The van der Waals surface area contributed by atoms with Crippen LogP contribution in [0.15, 0.2) is 188 Å². The Hall–Kier alpha value is -7.16. The second kappa shape index (κ2) is 12.2. The fraction of sp³-hybridized carbons (Fsp3) is 0.0545. The lowest BCUT2D eigenvalue weighted by molar-refractivity contribution is 0.761. The number of anilines is 3. The normalized spacial score (nSPS) is 15.4. The van der Waals surface area contributed by atoms with E-state index in [-0.39, 0.29) is 0 Å². The molecule has 1 atom stereocenters. The van der Waals surface area contributed by atoms with E-state index < -0.39 is 5.41 Å². The van der Waals surface area contributed by atoms with Gasteiger partial charge in [0.15, 0.2) is 0 Å². The van der Waals surface area contributed by atoms with E-state index in [2.05, 4.69) is 217 Å². The molecule has 0 radical (unpaired) electrons. The number of hydrogen-bond donors (Lipinski definition) is 0. The lowest BCUT2D eigenvalue weighted by atomic mass is 9.64. The van der Waals surface area contributed by atoms with Gasteiger partial charge in [-0.2, -0.15) is 0 Å². The zero-order chi connectivity index (χ0) is 37.7. The zero-order valence-corrected chi connectivity index (χ0v) is 31.7. The molecule has 0 saturated carbocycles. The van der Waals surface area contributed by atoms with Crippen molar-refractivity contribution >= 4 is 40.1 Å². The summed E-state index contributed by atoms with van der Waals surface area (Å²) in [4.78, 5) is 2.35. The summed E-state index contributed by atoms with van der Waals surface area (Å²) < 4.78 is 2.53. The maximum atomic E-state index is 2.53. The van der Waals surface area contributed by atoms with Gasteiger partial charge in [0.2, 0.25) is 0 Å². The van der Waals surface area contributed by atoms with Gasteiger partial charge in [-0.05, 0) is 128 Å². The van der Waals surface area contributed by atoms with Crippen LogP contribution in [0.5, 0.6) is 0 Å². The van der Waals surface area contributed by atoms with E-state index in [1.165, 1.54) is 82.0 Å². The quantitative estimate of drug-likeness (QED) is 0.166. The number of aromatic nitrogens is 1. The van der Waals surface area contributed by atoms with E-state index in [0.717, 1.165) is 29.2 Å². The number of nitrogens with zero attached hydrogens (tertiary/aromatic N) is 2. The molecule has 1 heterocycles. The Kier molecular flexibility index (Phi) is 6.86. The lowest BCUT2D eigenvalue weighted by Gasteiger charge is -2.36. The molecular formula is C55H38N2. The Labute approximate surface area is 331 Å². The molecule has 2 heteroatoms. The number of hydrogen-bond acceptors (Lipinski definition) is 1. The molecule has 0 spiro atoms. The summed E-state index contributed by atoms with van der Waals surface area (Å²) >= 11 is 0.